The number of carboxylic acids is 1. The third-order valence-corrected chi connectivity index (χ3v) is 0.681. The predicted octanol–water partition coefficient (Wildman–Crippen LogP) is -0.283. The minimum absolute atomic E-state index is 0.157. The molecule has 1 rings (SSSR count). The van der Waals surface area contributed by atoms with E-state index in [-0.39, 0.29) is 12.3 Å². The maximum absolute atomic E-state index is 9.96. The maximum Gasteiger partial charge on any atom is 0.368 e. The van der Waals surface area contributed by atoms with Gasteiger partial charge in [0, 0.05) is 0 Å². The molecule has 0 amide bonds. The van der Waals surface area contributed by atoms with E-state index in [0.717, 1.165) is 0 Å². The first-order valence-electron chi connectivity index (χ1n) is 2.69. The number of hydrogen-bond acceptors (Lipinski definition) is 4. The van der Waals surface area contributed by atoms with Crippen LogP contribution in [0.2, 0.25) is 0 Å². The summed E-state index contributed by atoms with van der Waals surface area (Å²) in [7, 11) is 0. The van der Waals surface area contributed by atoms with Crippen molar-refractivity contribution in [1.82, 2.24) is 0 Å². The van der Waals surface area contributed by atoms with Crippen molar-refractivity contribution in [2.45, 2.75) is 6.42 Å². The van der Waals surface area contributed by atoms with Crippen molar-refractivity contribution in [1.29, 1.82) is 0 Å². The highest BCUT2D eigenvalue weighted by Gasteiger charge is 2.00. The van der Waals surface area contributed by atoms with Crippen LogP contribution in [-0.4, -0.2) is 23.3 Å². The molecular weight excluding hydrogens is 152 g/mol. The zero-order valence-corrected chi connectivity index (χ0v) is 5.52. The molecule has 0 unspecified atom stereocenters. The molecule has 11 heavy (non-hydrogen) atoms. The molecule has 0 spiro atoms. The van der Waals surface area contributed by atoms with E-state index in [1.165, 1.54) is 6.26 Å². The Labute approximate surface area is 62.3 Å². The van der Waals surface area contributed by atoms with E-state index in [2.05, 4.69) is 4.74 Å². The van der Waals surface area contributed by atoms with Gasteiger partial charge in [0.2, 0.25) is 6.29 Å². The zero-order valence-electron chi connectivity index (χ0n) is 5.52. The molecule has 1 N–H and O–H groups in total. The van der Waals surface area contributed by atoms with Crippen LogP contribution in [0.1, 0.15) is 6.42 Å². The summed E-state index contributed by atoms with van der Waals surface area (Å²) in [6.07, 6.45) is 3.37. The number of aliphatic carboxylic acids is 1. The minimum Gasteiger partial charge on any atom is -0.476 e. The molecule has 60 valence electrons. The average molecular weight is 158 g/mol. The number of rotatable bonds is 1. The number of carboxylic acid groups (broad SMARTS) is 1. The van der Waals surface area contributed by atoms with Crippen LogP contribution in [0.15, 0.2) is 12.3 Å². The first-order valence-corrected chi connectivity index (χ1v) is 2.69. The summed E-state index contributed by atoms with van der Waals surface area (Å²) in [5.41, 5.74) is 0. The lowest BCUT2D eigenvalue weighted by atomic mass is 10.5. The first-order chi connectivity index (χ1) is 5.16. The molecule has 0 saturated carbocycles. The molecule has 0 fully saturated rings. The van der Waals surface area contributed by atoms with Crippen molar-refractivity contribution in [3.8, 4) is 0 Å². The SMILES string of the molecule is O=C1CC=CO1.O=CC(=O)O. The van der Waals surface area contributed by atoms with Gasteiger partial charge >= 0.3 is 11.9 Å². The molecule has 0 aromatic rings. The van der Waals surface area contributed by atoms with Gasteiger partial charge < -0.3 is 9.84 Å². The number of hydrogen-bond donors (Lipinski definition) is 1. The van der Waals surface area contributed by atoms with E-state index in [1.807, 2.05) is 0 Å². The van der Waals surface area contributed by atoms with Gasteiger partial charge in [-0.3, -0.25) is 9.59 Å². The van der Waals surface area contributed by atoms with Crippen LogP contribution in [0.3, 0.4) is 0 Å². The fourth-order valence-corrected chi connectivity index (χ4v) is 0.316. The average Bonchev–Trinajstić information content (AvgIpc) is 2.41. The Balaban J connectivity index is 0.000000187. The number of cyclic esters (lactones) is 1. The fourth-order valence-electron chi connectivity index (χ4n) is 0.316. The standard InChI is InChI=1S/C4H4O2.C2H2O3/c5-4-2-1-3-6-4;3-1-2(4)5/h1,3H,2H2;1H,(H,4,5). The molecule has 0 aromatic carbocycles. The molecule has 0 aromatic heterocycles. The molecule has 0 bridgehead atoms. The van der Waals surface area contributed by atoms with Crippen molar-refractivity contribution in [3.05, 3.63) is 12.3 Å². The Hall–Kier alpha value is -1.65. The van der Waals surface area contributed by atoms with E-state index in [4.69, 9.17) is 14.7 Å². The fraction of sp³-hybridized carbons (Fsp3) is 0.167. The van der Waals surface area contributed by atoms with Gasteiger partial charge in [0.15, 0.2) is 0 Å². The van der Waals surface area contributed by atoms with Crippen LogP contribution < -0.4 is 0 Å². The van der Waals surface area contributed by atoms with Gasteiger partial charge in [-0.25, -0.2) is 4.79 Å². The second-order valence-corrected chi connectivity index (χ2v) is 1.52. The normalized spacial score (nSPS) is 12.9. The lowest BCUT2D eigenvalue weighted by molar-refractivity contribution is -0.143. The predicted molar refractivity (Wildman–Crippen MR) is 33.5 cm³/mol. The topological polar surface area (TPSA) is 80.7 Å². The molecule has 0 saturated heterocycles. The van der Waals surface area contributed by atoms with Crippen LogP contribution in [0.4, 0.5) is 0 Å². The van der Waals surface area contributed by atoms with Gasteiger partial charge in [-0.1, -0.05) is 0 Å². The number of esters is 1. The van der Waals surface area contributed by atoms with Crippen molar-refractivity contribution in [2.75, 3.05) is 0 Å². The summed E-state index contributed by atoms with van der Waals surface area (Å²) in [6, 6.07) is 0. The summed E-state index contributed by atoms with van der Waals surface area (Å²) in [5.74, 6) is -1.58. The van der Waals surface area contributed by atoms with Crippen molar-refractivity contribution in [2.24, 2.45) is 0 Å². The van der Waals surface area contributed by atoms with E-state index in [9.17, 15) is 4.79 Å². The summed E-state index contributed by atoms with van der Waals surface area (Å²) in [4.78, 5) is 27.9. The lowest BCUT2D eigenvalue weighted by Gasteiger charge is -1.78. The largest absolute Gasteiger partial charge is 0.476 e. The second kappa shape index (κ2) is 5.16. The van der Waals surface area contributed by atoms with Gasteiger partial charge in [-0.05, 0) is 6.08 Å². The zero-order chi connectivity index (χ0) is 8.69. The van der Waals surface area contributed by atoms with E-state index < -0.39 is 5.97 Å². The molecule has 5 heteroatoms. The highest BCUT2D eigenvalue weighted by atomic mass is 16.5. The molecule has 0 aliphatic carbocycles. The van der Waals surface area contributed by atoms with Gasteiger partial charge in [0.1, 0.15) is 0 Å². The number of carbonyl (C=O) groups excluding carboxylic acids is 2. The summed E-state index contributed by atoms with van der Waals surface area (Å²) in [6.45, 7) is 0. The van der Waals surface area contributed by atoms with Crippen molar-refractivity contribution in [3.63, 3.8) is 0 Å². The molecule has 0 radical (unpaired) electrons. The third-order valence-electron chi connectivity index (χ3n) is 0.681. The summed E-state index contributed by atoms with van der Waals surface area (Å²) >= 11 is 0. The van der Waals surface area contributed by atoms with Crippen LogP contribution in [0.25, 0.3) is 0 Å². The molecule has 5 nitrogen and oxygen atoms in total. The Kier molecular flexibility index (Phi) is 4.39. The Bertz CT molecular complexity index is 183. The van der Waals surface area contributed by atoms with Crippen LogP contribution in [0.5, 0.6) is 0 Å². The number of carbonyl (C=O) groups is 3. The van der Waals surface area contributed by atoms with Crippen molar-refractivity contribution >= 4 is 18.2 Å². The minimum atomic E-state index is -1.43. The van der Waals surface area contributed by atoms with E-state index in [1.54, 1.807) is 6.08 Å². The summed E-state index contributed by atoms with van der Waals surface area (Å²) < 4.78 is 4.33. The summed E-state index contributed by atoms with van der Waals surface area (Å²) in [5, 5.41) is 7.35. The lowest BCUT2D eigenvalue weighted by Crippen LogP contribution is -1.91. The monoisotopic (exact) mass is 158 g/mol. The number of aldehydes is 1. The quantitative estimate of drug-likeness (QED) is 0.322. The first kappa shape index (κ1) is 9.35. The van der Waals surface area contributed by atoms with E-state index in [0.29, 0.717) is 6.42 Å². The van der Waals surface area contributed by atoms with Gasteiger partial charge in [0.25, 0.3) is 0 Å². The molecule has 1 aliphatic rings. The molecular formula is C6H6O5. The maximum atomic E-state index is 9.96. The molecule has 1 heterocycles. The highest BCUT2D eigenvalue weighted by Crippen LogP contribution is 1.96. The highest BCUT2D eigenvalue weighted by molar-refractivity contribution is 6.19. The van der Waals surface area contributed by atoms with Crippen LogP contribution in [-0.2, 0) is 19.1 Å². The number of ether oxygens (including phenoxy) is 1. The van der Waals surface area contributed by atoms with E-state index >= 15 is 0 Å². The Morgan fingerprint density at radius 2 is 2.27 bits per heavy atom. The second-order valence-electron chi connectivity index (χ2n) is 1.52. The van der Waals surface area contributed by atoms with Crippen LogP contribution >= 0.6 is 0 Å². The molecule has 1 aliphatic heterocycles. The Morgan fingerprint density at radius 1 is 1.73 bits per heavy atom. The third kappa shape index (κ3) is 6.23. The van der Waals surface area contributed by atoms with Gasteiger partial charge in [-0.15, -0.1) is 0 Å². The molecule has 0 atom stereocenters. The van der Waals surface area contributed by atoms with Crippen molar-refractivity contribution < 1.29 is 24.2 Å². The smallest absolute Gasteiger partial charge is 0.368 e. The van der Waals surface area contributed by atoms with Crippen LogP contribution in [0, 0.1) is 0 Å². The Morgan fingerprint density at radius 3 is 2.36 bits per heavy atom. The van der Waals surface area contributed by atoms with Gasteiger partial charge in [0.05, 0.1) is 12.7 Å². The van der Waals surface area contributed by atoms with Gasteiger partial charge in [-0.2, -0.15) is 0 Å².